The van der Waals surface area contributed by atoms with Crippen LogP contribution in [0.15, 0.2) is 140 Å². The van der Waals surface area contributed by atoms with Gasteiger partial charge >= 0.3 is 49.4 Å². The van der Waals surface area contributed by atoms with Crippen LogP contribution < -0.4 is 32.2 Å². The maximum absolute atomic E-state index is 14.2. The van der Waals surface area contributed by atoms with Gasteiger partial charge in [0.2, 0.25) is 5.91 Å². The lowest BCUT2D eigenvalue weighted by atomic mass is 9.12. The quantitative estimate of drug-likeness (QED) is 0.0965. The largest absolute Gasteiger partial charge is 0.416 e. The Morgan fingerprint density at radius 3 is 0.909 bits per heavy atom. The molecule has 7 aromatic rings. The predicted molar refractivity (Wildman–Crippen MR) is 228 cm³/mol. The van der Waals surface area contributed by atoms with Crippen LogP contribution in [0.2, 0.25) is 0 Å². The summed E-state index contributed by atoms with van der Waals surface area (Å²) in [5.74, 6) is -0.395. The van der Waals surface area contributed by atoms with Gasteiger partial charge < -0.3 is 5.73 Å². The van der Waals surface area contributed by atoms with Gasteiger partial charge in [-0.25, -0.2) is 4.57 Å². The average molecular weight is 1130 g/mol. The van der Waals surface area contributed by atoms with Crippen LogP contribution >= 0.6 is 0 Å². The molecule has 410 valence electrons. The lowest BCUT2D eigenvalue weighted by molar-refractivity contribution is -0.687. The van der Waals surface area contributed by atoms with Crippen LogP contribution in [0, 0.1) is 0 Å². The van der Waals surface area contributed by atoms with Gasteiger partial charge in [-0.15, -0.1) is 0 Å². The van der Waals surface area contributed by atoms with Crippen LogP contribution in [-0.2, 0) is 56.0 Å². The molecule has 7 rings (SSSR count). The molecular weight excluding hydrogens is 1100 g/mol. The first-order chi connectivity index (χ1) is 35.0. The van der Waals surface area contributed by atoms with E-state index < -0.39 is 201 Å². The zero-order chi connectivity index (χ0) is 57.9. The highest BCUT2D eigenvalue weighted by Crippen LogP contribution is 2.41. The van der Waals surface area contributed by atoms with Crippen LogP contribution in [0.3, 0.4) is 0 Å². The number of carbonyl (C=O) groups excluding carboxylic acids is 1. The molecule has 0 aliphatic carbocycles. The summed E-state index contributed by atoms with van der Waals surface area (Å²) in [6, 6.07) is 9.01. The number of primary amides is 1. The number of pyridine rings is 1. The number of hydrogen-bond acceptors (Lipinski definition) is 1. The summed E-state index contributed by atoms with van der Waals surface area (Å²) in [6.07, 6.45) is -50.7. The number of benzene rings is 6. The Morgan fingerprint density at radius 1 is 0.364 bits per heavy atom. The summed E-state index contributed by atoms with van der Waals surface area (Å²) in [5.41, 5.74) is -23.1. The number of nitrogens with zero attached hydrogens (tertiary/aromatic N) is 1. The molecule has 1 aromatic heterocycles. The van der Waals surface area contributed by atoms with Gasteiger partial charge in [0.05, 0.1) is 44.5 Å². The molecule has 28 heteroatoms. The summed E-state index contributed by atoms with van der Waals surface area (Å²) in [6.45, 7) is 0.828. The molecule has 0 atom stereocenters. The third-order valence-electron chi connectivity index (χ3n) is 11.8. The highest BCUT2D eigenvalue weighted by molar-refractivity contribution is 7.20. The van der Waals surface area contributed by atoms with Crippen molar-refractivity contribution in [2.45, 2.75) is 56.0 Å². The van der Waals surface area contributed by atoms with Crippen molar-refractivity contribution in [2.75, 3.05) is 0 Å². The lowest BCUT2D eigenvalue weighted by Crippen LogP contribution is -2.75. The SMILES string of the molecule is FC(F)(F)c1cc([B-](c2cc(C(F)(F)F)cc(C(F)(F)F)c2)(c2cc(C(F)(F)F)cc(C(F)(F)F)c2)c2cc(C(F)(F)F)cc(C(F)(F)F)c2)cc(C(F)(F)F)c1.NC(=O)c1ccc2c[n+](Cc3ccccc3)ccc2c1. The summed E-state index contributed by atoms with van der Waals surface area (Å²) in [5, 5.41) is 2.11. The number of halogens is 24. The van der Waals surface area contributed by atoms with E-state index in [1.165, 1.54) is 5.56 Å². The van der Waals surface area contributed by atoms with Crippen LogP contribution in [-0.4, -0.2) is 12.1 Å². The van der Waals surface area contributed by atoms with Crippen molar-refractivity contribution in [3.63, 3.8) is 0 Å². The van der Waals surface area contributed by atoms with Gasteiger partial charge in [-0.3, -0.25) is 4.79 Å². The average Bonchev–Trinajstić information content (AvgIpc) is 3.29. The van der Waals surface area contributed by atoms with Gasteiger partial charge in [-0.2, -0.15) is 127 Å². The number of fused-ring (bicyclic) bond motifs is 1. The molecule has 0 radical (unpaired) electrons. The molecule has 3 nitrogen and oxygen atoms in total. The Morgan fingerprint density at radius 2 is 0.649 bits per heavy atom. The maximum Gasteiger partial charge on any atom is 0.416 e. The zero-order valence-corrected chi connectivity index (χ0v) is 37.6. The van der Waals surface area contributed by atoms with Gasteiger partial charge in [0.1, 0.15) is 6.15 Å². The Labute approximate surface area is 416 Å². The normalized spacial score (nSPS) is 13.4. The van der Waals surface area contributed by atoms with Crippen LogP contribution in [0.1, 0.15) is 60.4 Å². The minimum absolute atomic E-state index is 0.395. The van der Waals surface area contributed by atoms with Crippen molar-refractivity contribution in [3.8, 4) is 0 Å². The topological polar surface area (TPSA) is 47.0 Å². The molecule has 0 bridgehead atoms. The number of nitrogens with two attached hydrogens (primary N) is 1. The molecule has 0 fully saturated rings. The molecule has 6 aromatic carbocycles. The van der Waals surface area contributed by atoms with E-state index in [-0.39, 0.29) is 0 Å². The van der Waals surface area contributed by atoms with Crippen molar-refractivity contribution in [2.24, 2.45) is 5.73 Å². The fourth-order valence-electron chi connectivity index (χ4n) is 8.35. The standard InChI is InChI=1S/C32H12BF24.C17H14N2O/c34-25(35,36)13-1-14(26(37,38)39)6-21(5-13)33(22-7-15(27(40,41)42)2-16(8-22)28(43,44)45,23-9-17(29(46,47)48)3-18(10-23)30(49,50)51)24-11-19(31(52,53)54)4-20(12-24)32(55,56)57;18-17(20)15-6-7-16-12-19(9-8-14(16)10-15)11-13-4-2-1-3-5-13/h1-12H;1-10,12H,11H2,(H-,18,20)/q-1;/p+1. The second-order valence-electron chi connectivity index (χ2n) is 17.0. The Hall–Kier alpha value is -7.42. The molecule has 77 heavy (non-hydrogen) atoms. The third kappa shape index (κ3) is 13.4. The van der Waals surface area contributed by atoms with E-state index in [4.69, 9.17) is 5.73 Å². The first-order valence-corrected chi connectivity index (χ1v) is 21.1. The molecule has 2 N–H and O–H groups in total. The molecule has 1 heterocycles. The lowest BCUT2D eigenvalue weighted by Gasteiger charge is -2.46. The number of rotatable bonds is 7. The van der Waals surface area contributed by atoms with Crippen LogP contribution in [0.25, 0.3) is 10.8 Å². The molecule has 0 aliphatic rings. The molecule has 0 unspecified atom stereocenters. The maximum atomic E-state index is 14.2. The van der Waals surface area contributed by atoms with E-state index in [2.05, 4.69) is 22.9 Å². The molecular formula is C49H27BF24N2O. The highest BCUT2D eigenvalue weighted by Gasteiger charge is 2.47. The molecule has 0 saturated carbocycles. The summed E-state index contributed by atoms with van der Waals surface area (Å²) >= 11 is 0. The number of alkyl halides is 24. The Bertz CT molecular complexity index is 2870. The van der Waals surface area contributed by atoms with Crippen molar-refractivity contribution in [3.05, 3.63) is 195 Å². The van der Waals surface area contributed by atoms with E-state index in [9.17, 15) is 110 Å². The van der Waals surface area contributed by atoms with E-state index in [0.29, 0.717) is 5.56 Å². The van der Waals surface area contributed by atoms with Crippen LogP contribution in [0.5, 0.6) is 0 Å². The van der Waals surface area contributed by atoms with Crippen LogP contribution in [0.4, 0.5) is 105 Å². The molecule has 0 spiro atoms. The van der Waals surface area contributed by atoms with E-state index in [1.807, 2.05) is 42.6 Å². The second-order valence-corrected chi connectivity index (χ2v) is 17.0. The summed E-state index contributed by atoms with van der Waals surface area (Å²) < 4.78 is 343. The van der Waals surface area contributed by atoms with Gasteiger partial charge in [-0.05, 0) is 47.9 Å². The smallest absolute Gasteiger partial charge is 0.366 e. The number of amides is 1. The third-order valence-corrected chi connectivity index (χ3v) is 11.8. The highest BCUT2D eigenvalue weighted by atomic mass is 19.4. The minimum Gasteiger partial charge on any atom is -0.366 e. The minimum atomic E-state index is -6.13. The van der Waals surface area contributed by atoms with E-state index in [1.54, 1.807) is 6.07 Å². The number of hydrogen-bond donors (Lipinski definition) is 1. The number of carbonyl (C=O) groups is 1. The molecule has 1 amide bonds. The van der Waals surface area contributed by atoms with Gasteiger partial charge in [0.25, 0.3) is 0 Å². The van der Waals surface area contributed by atoms with Gasteiger partial charge in [-0.1, -0.05) is 78.9 Å². The number of aromatic nitrogens is 1. The van der Waals surface area contributed by atoms with E-state index >= 15 is 0 Å². The fraction of sp³-hybridized carbons (Fsp3) is 0.184. The fourth-order valence-corrected chi connectivity index (χ4v) is 8.35. The Balaban J connectivity index is 0.000000397. The van der Waals surface area contributed by atoms with Gasteiger partial charge in [0, 0.05) is 22.6 Å². The summed E-state index contributed by atoms with van der Waals surface area (Å²) in [7, 11) is 0. The van der Waals surface area contributed by atoms with E-state index in [0.717, 1.165) is 17.3 Å². The second kappa shape index (κ2) is 20.2. The summed E-state index contributed by atoms with van der Waals surface area (Å²) in [4.78, 5) is 11.2. The van der Waals surface area contributed by atoms with Gasteiger partial charge in [0.15, 0.2) is 18.9 Å². The van der Waals surface area contributed by atoms with Crippen molar-refractivity contribution in [1.29, 1.82) is 0 Å². The molecule has 0 saturated heterocycles. The zero-order valence-electron chi connectivity index (χ0n) is 37.6. The predicted octanol–water partition coefficient (Wildman–Crippen LogP) is 13.5. The van der Waals surface area contributed by atoms with Crippen molar-refractivity contribution in [1.82, 2.24) is 0 Å². The Kier molecular flexibility index (Phi) is 15.4. The van der Waals surface area contributed by atoms with Crippen molar-refractivity contribution < 1.29 is 115 Å². The molecule has 0 aliphatic heterocycles. The monoisotopic (exact) mass is 1130 g/mol. The van der Waals surface area contributed by atoms with Crippen molar-refractivity contribution >= 4 is 44.7 Å². The first-order valence-electron chi connectivity index (χ1n) is 21.1. The first kappa shape index (κ1) is 58.8.